The van der Waals surface area contributed by atoms with Crippen molar-refractivity contribution in [3.8, 4) is 0 Å². The number of piperidine rings is 1. The van der Waals surface area contributed by atoms with Gasteiger partial charge in [0.15, 0.2) is 0 Å². The lowest BCUT2D eigenvalue weighted by Crippen LogP contribution is -2.42. The zero-order chi connectivity index (χ0) is 15.5. The summed E-state index contributed by atoms with van der Waals surface area (Å²) < 4.78 is 0. The van der Waals surface area contributed by atoms with Crippen molar-refractivity contribution in [3.05, 3.63) is 35.9 Å². The number of para-hydroxylation sites is 1. The van der Waals surface area contributed by atoms with Gasteiger partial charge < -0.3 is 4.90 Å². The number of benzene rings is 1. The van der Waals surface area contributed by atoms with E-state index in [1.165, 1.54) is 6.42 Å². The molecule has 0 N–H and O–H groups in total. The summed E-state index contributed by atoms with van der Waals surface area (Å²) in [6, 6.07) is 10.7. The zero-order valence-electron chi connectivity index (χ0n) is 13.2. The van der Waals surface area contributed by atoms with Crippen molar-refractivity contribution in [1.82, 2.24) is 9.88 Å². The molecule has 3 rings (SSSR count). The highest BCUT2D eigenvalue weighted by Crippen LogP contribution is 2.25. The molecule has 1 aromatic carbocycles. The van der Waals surface area contributed by atoms with Crippen LogP contribution in [0.4, 0.5) is 0 Å². The molecule has 4 heteroatoms. The molecule has 0 unspecified atom stereocenters. The average Bonchev–Trinajstić information content (AvgIpc) is 2.53. The molecule has 1 aliphatic heterocycles. The molecule has 0 aliphatic carbocycles. The maximum atomic E-state index is 12.4. The van der Waals surface area contributed by atoms with Crippen molar-refractivity contribution in [2.24, 2.45) is 0 Å². The Bertz CT molecular complexity index is 686. The summed E-state index contributed by atoms with van der Waals surface area (Å²) in [4.78, 5) is 19.2. The highest BCUT2D eigenvalue weighted by atomic mass is 32.2. The molecule has 0 saturated carbocycles. The van der Waals surface area contributed by atoms with E-state index in [0.29, 0.717) is 11.8 Å². The maximum Gasteiger partial charge on any atom is 0.233 e. The van der Waals surface area contributed by atoms with Crippen LogP contribution in [0, 0.1) is 6.92 Å². The second-order valence-electron chi connectivity index (χ2n) is 6.02. The summed E-state index contributed by atoms with van der Waals surface area (Å²) in [7, 11) is 0. The molecular weight excluding hydrogens is 292 g/mol. The molecule has 1 aromatic heterocycles. The van der Waals surface area contributed by atoms with Crippen LogP contribution in [0.2, 0.25) is 0 Å². The second-order valence-corrected chi connectivity index (χ2v) is 6.99. The molecule has 1 fully saturated rings. The first kappa shape index (κ1) is 15.3. The van der Waals surface area contributed by atoms with E-state index in [1.54, 1.807) is 11.8 Å². The third kappa shape index (κ3) is 3.27. The van der Waals surface area contributed by atoms with Crippen LogP contribution in [0.25, 0.3) is 10.9 Å². The van der Waals surface area contributed by atoms with Crippen molar-refractivity contribution in [1.29, 1.82) is 0 Å². The summed E-state index contributed by atoms with van der Waals surface area (Å²) in [5.41, 5.74) is 2.14. The normalized spacial score (nSPS) is 18.6. The van der Waals surface area contributed by atoms with Gasteiger partial charge in [-0.3, -0.25) is 4.79 Å². The van der Waals surface area contributed by atoms with Crippen molar-refractivity contribution >= 4 is 28.6 Å². The molecule has 1 aliphatic rings. The number of thioether (sulfide) groups is 1. The number of amides is 1. The van der Waals surface area contributed by atoms with E-state index in [0.717, 1.165) is 40.9 Å². The number of hydrogen-bond donors (Lipinski definition) is 0. The van der Waals surface area contributed by atoms with Gasteiger partial charge in [0.25, 0.3) is 0 Å². The number of hydrogen-bond acceptors (Lipinski definition) is 3. The van der Waals surface area contributed by atoms with Crippen LogP contribution in [-0.2, 0) is 4.79 Å². The predicted molar refractivity (Wildman–Crippen MR) is 92.2 cm³/mol. The lowest BCUT2D eigenvalue weighted by molar-refractivity contribution is -0.131. The van der Waals surface area contributed by atoms with Gasteiger partial charge in [-0.05, 0) is 50.8 Å². The highest BCUT2D eigenvalue weighted by molar-refractivity contribution is 7.99. The predicted octanol–water partition coefficient (Wildman–Crippen LogP) is 4.04. The standard InChI is InChI=1S/C18H22N2OS/c1-13-11-15-8-3-4-9-16(15)19-18(13)22-12-17(21)20-10-6-5-7-14(20)2/h3-4,8-9,11,14H,5-7,10,12H2,1-2H3/t14-/m0/s1. The fourth-order valence-corrected chi connectivity index (χ4v) is 3.91. The summed E-state index contributed by atoms with van der Waals surface area (Å²) >= 11 is 1.56. The van der Waals surface area contributed by atoms with Crippen LogP contribution < -0.4 is 0 Å². The van der Waals surface area contributed by atoms with E-state index in [-0.39, 0.29) is 5.91 Å². The number of fused-ring (bicyclic) bond motifs is 1. The minimum Gasteiger partial charge on any atom is -0.339 e. The van der Waals surface area contributed by atoms with E-state index in [4.69, 9.17) is 4.98 Å². The van der Waals surface area contributed by atoms with Crippen molar-refractivity contribution in [2.45, 2.75) is 44.2 Å². The highest BCUT2D eigenvalue weighted by Gasteiger charge is 2.23. The van der Waals surface area contributed by atoms with Crippen LogP contribution in [-0.4, -0.2) is 34.1 Å². The molecule has 0 radical (unpaired) electrons. The van der Waals surface area contributed by atoms with Gasteiger partial charge in [-0.2, -0.15) is 0 Å². The number of nitrogens with zero attached hydrogens (tertiary/aromatic N) is 2. The zero-order valence-corrected chi connectivity index (χ0v) is 14.0. The first-order valence-corrected chi connectivity index (χ1v) is 8.92. The van der Waals surface area contributed by atoms with E-state index in [1.807, 2.05) is 23.1 Å². The van der Waals surface area contributed by atoms with Crippen LogP contribution in [0.1, 0.15) is 31.7 Å². The van der Waals surface area contributed by atoms with Crippen LogP contribution in [0.15, 0.2) is 35.4 Å². The Morgan fingerprint density at radius 2 is 2.18 bits per heavy atom. The Morgan fingerprint density at radius 3 is 3.00 bits per heavy atom. The maximum absolute atomic E-state index is 12.4. The Morgan fingerprint density at radius 1 is 1.36 bits per heavy atom. The van der Waals surface area contributed by atoms with E-state index in [9.17, 15) is 4.79 Å². The molecule has 2 heterocycles. The molecule has 3 nitrogen and oxygen atoms in total. The molecule has 2 aromatic rings. The minimum atomic E-state index is 0.242. The fraction of sp³-hybridized carbons (Fsp3) is 0.444. The van der Waals surface area contributed by atoms with Gasteiger partial charge in [-0.15, -0.1) is 0 Å². The topological polar surface area (TPSA) is 33.2 Å². The van der Waals surface area contributed by atoms with Crippen LogP contribution >= 0.6 is 11.8 Å². The van der Waals surface area contributed by atoms with Crippen molar-refractivity contribution in [2.75, 3.05) is 12.3 Å². The number of aryl methyl sites for hydroxylation is 1. The molecule has 1 saturated heterocycles. The van der Waals surface area contributed by atoms with E-state index in [2.05, 4.69) is 26.0 Å². The quantitative estimate of drug-likeness (QED) is 0.802. The third-order valence-electron chi connectivity index (χ3n) is 4.32. The van der Waals surface area contributed by atoms with Gasteiger partial charge in [0.2, 0.25) is 5.91 Å². The van der Waals surface area contributed by atoms with E-state index < -0.39 is 0 Å². The van der Waals surface area contributed by atoms with Crippen LogP contribution in [0.3, 0.4) is 0 Å². The number of aromatic nitrogens is 1. The Kier molecular flexibility index (Phi) is 4.67. The Labute approximate surface area is 136 Å². The monoisotopic (exact) mass is 314 g/mol. The SMILES string of the molecule is Cc1cc2ccccc2nc1SCC(=O)N1CCCC[C@@H]1C. The van der Waals surface area contributed by atoms with Gasteiger partial charge in [-0.1, -0.05) is 30.0 Å². The molecule has 0 bridgehead atoms. The summed E-state index contributed by atoms with van der Waals surface area (Å²) in [6.07, 6.45) is 3.50. The number of pyridine rings is 1. The number of likely N-dealkylation sites (tertiary alicyclic amines) is 1. The molecule has 0 spiro atoms. The molecule has 1 amide bonds. The van der Waals surface area contributed by atoms with Crippen molar-refractivity contribution in [3.63, 3.8) is 0 Å². The summed E-state index contributed by atoms with van der Waals surface area (Å²) in [5, 5.41) is 2.12. The van der Waals surface area contributed by atoms with Gasteiger partial charge >= 0.3 is 0 Å². The van der Waals surface area contributed by atoms with E-state index >= 15 is 0 Å². The first-order valence-electron chi connectivity index (χ1n) is 7.94. The lowest BCUT2D eigenvalue weighted by Gasteiger charge is -2.33. The van der Waals surface area contributed by atoms with Crippen LogP contribution in [0.5, 0.6) is 0 Å². The molecule has 116 valence electrons. The van der Waals surface area contributed by atoms with Gasteiger partial charge in [0.1, 0.15) is 5.03 Å². The first-order chi connectivity index (χ1) is 10.6. The third-order valence-corrected chi connectivity index (χ3v) is 5.40. The lowest BCUT2D eigenvalue weighted by atomic mass is 10.0. The van der Waals surface area contributed by atoms with Crippen molar-refractivity contribution < 1.29 is 4.79 Å². The average molecular weight is 314 g/mol. The Hall–Kier alpha value is -1.55. The molecular formula is C18H22N2OS. The smallest absolute Gasteiger partial charge is 0.233 e. The number of rotatable bonds is 3. The molecule has 1 atom stereocenters. The minimum absolute atomic E-state index is 0.242. The fourth-order valence-electron chi connectivity index (χ4n) is 3.03. The van der Waals surface area contributed by atoms with Gasteiger partial charge in [-0.25, -0.2) is 4.98 Å². The summed E-state index contributed by atoms with van der Waals surface area (Å²) in [6.45, 7) is 5.13. The van der Waals surface area contributed by atoms with Gasteiger partial charge in [0, 0.05) is 18.0 Å². The largest absolute Gasteiger partial charge is 0.339 e. The number of carbonyl (C=O) groups is 1. The molecule has 22 heavy (non-hydrogen) atoms. The Balaban J connectivity index is 1.70. The number of carbonyl (C=O) groups excluding carboxylic acids is 1. The summed E-state index contributed by atoms with van der Waals surface area (Å²) in [5.74, 6) is 0.725. The second kappa shape index (κ2) is 6.69. The van der Waals surface area contributed by atoms with Gasteiger partial charge in [0.05, 0.1) is 11.3 Å².